The summed E-state index contributed by atoms with van der Waals surface area (Å²) in [5.74, 6) is -1.21. The molecule has 2 rings (SSSR count). The summed E-state index contributed by atoms with van der Waals surface area (Å²) in [6.45, 7) is -0.187. The summed E-state index contributed by atoms with van der Waals surface area (Å²) in [6.07, 6.45) is 0. The highest BCUT2D eigenvalue weighted by Crippen LogP contribution is 2.20. The van der Waals surface area contributed by atoms with Crippen molar-refractivity contribution < 1.29 is 14.0 Å². The normalized spacial score (nSPS) is 10.2. The number of halogens is 3. The van der Waals surface area contributed by atoms with Crippen LogP contribution in [0.15, 0.2) is 42.5 Å². The van der Waals surface area contributed by atoms with Crippen LogP contribution in [0.5, 0.6) is 0 Å². The first-order valence-electron chi connectivity index (χ1n) is 7.34. The molecule has 2 amide bonds. The van der Waals surface area contributed by atoms with E-state index < -0.39 is 5.82 Å². The standard InChI is InChI=1S/C17H16Cl2FN3O2/c1-23(10-16(24)22-15-5-3-2-4-12(15)18)17(25)9-21-11-6-7-14(20)13(19)8-11/h2-8,21H,9-10H2,1H3,(H,22,24). The van der Waals surface area contributed by atoms with Gasteiger partial charge in [-0.2, -0.15) is 0 Å². The van der Waals surface area contributed by atoms with Gasteiger partial charge in [0.05, 0.1) is 28.8 Å². The lowest BCUT2D eigenvalue weighted by atomic mass is 10.3. The van der Waals surface area contributed by atoms with E-state index in [1.807, 2.05) is 0 Å². The molecule has 0 aliphatic rings. The number of anilines is 2. The summed E-state index contributed by atoms with van der Waals surface area (Å²) in [5.41, 5.74) is 0.989. The number of carbonyl (C=O) groups excluding carboxylic acids is 2. The monoisotopic (exact) mass is 383 g/mol. The van der Waals surface area contributed by atoms with Gasteiger partial charge in [0.1, 0.15) is 5.82 Å². The van der Waals surface area contributed by atoms with E-state index >= 15 is 0 Å². The van der Waals surface area contributed by atoms with E-state index in [0.717, 1.165) is 0 Å². The Kier molecular flexibility index (Phi) is 6.61. The van der Waals surface area contributed by atoms with Crippen molar-refractivity contribution in [1.82, 2.24) is 4.90 Å². The molecule has 2 aromatic rings. The number of para-hydroxylation sites is 1. The second-order valence-electron chi connectivity index (χ2n) is 5.26. The van der Waals surface area contributed by atoms with Crippen LogP contribution in [0, 0.1) is 5.82 Å². The van der Waals surface area contributed by atoms with Crippen molar-refractivity contribution in [2.24, 2.45) is 0 Å². The molecule has 0 aliphatic heterocycles. The van der Waals surface area contributed by atoms with Crippen LogP contribution in [-0.4, -0.2) is 36.9 Å². The maximum atomic E-state index is 13.1. The Labute approximate surface area is 154 Å². The minimum absolute atomic E-state index is 0.0371. The first kappa shape index (κ1) is 19.0. The molecule has 8 heteroatoms. The Morgan fingerprint density at radius 1 is 1.12 bits per heavy atom. The average molecular weight is 384 g/mol. The molecule has 2 N–H and O–H groups in total. The Morgan fingerprint density at radius 3 is 2.52 bits per heavy atom. The summed E-state index contributed by atoms with van der Waals surface area (Å²) in [7, 11) is 1.51. The molecule has 0 fully saturated rings. The van der Waals surface area contributed by atoms with E-state index in [1.165, 1.54) is 30.1 Å². The molecule has 0 saturated carbocycles. The Morgan fingerprint density at radius 2 is 1.84 bits per heavy atom. The lowest BCUT2D eigenvalue weighted by molar-refractivity contribution is -0.131. The molecule has 0 heterocycles. The molecule has 0 spiro atoms. The number of hydrogen-bond acceptors (Lipinski definition) is 3. The fraction of sp³-hybridized carbons (Fsp3) is 0.176. The fourth-order valence-corrected chi connectivity index (χ4v) is 2.34. The van der Waals surface area contributed by atoms with Crippen LogP contribution in [0.2, 0.25) is 10.0 Å². The number of benzene rings is 2. The number of likely N-dealkylation sites (N-methyl/N-ethyl adjacent to an activating group) is 1. The second-order valence-corrected chi connectivity index (χ2v) is 6.07. The molecule has 0 aromatic heterocycles. The SMILES string of the molecule is CN(CC(=O)Nc1ccccc1Cl)C(=O)CNc1ccc(F)c(Cl)c1. The highest BCUT2D eigenvalue weighted by molar-refractivity contribution is 6.33. The van der Waals surface area contributed by atoms with Gasteiger partial charge < -0.3 is 15.5 Å². The second kappa shape index (κ2) is 8.69. The van der Waals surface area contributed by atoms with Crippen molar-refractivity contribution in [3.63, 3.8) is 0 Å². The zero-order valence-corrected chi connectivity index (χ0v) is 14.9. The summed E-state index contributed by atoms with van der Waals surface area (Å²) in [5, 5.41) is 5.85. The van der Waals surface area contributed by atoms with Crippen LogP contribution in [-0.2, 0) is 9.59 Å². The van der Waals surface area contributed by atoms with Gasteiger partial charge >= 0.3 is 0 Å². The number of nitrogens with one attached hydrogen (secondary N) is 2. The van der Waals surface area contributed by atoms with Crippen LogP contribution >= 0.6 is 23.2 Å². The van der Waals surface area contributed by atoms with Crippen molar-refractivity contribution >= 4 is 46.4 Å². The van der Waals surface area contributed by atoms with Crippen molar-refractivity contribution in [3.05, 3.63) is 58.3 Å². The highest BCUT2D eigenvalue weighted by Gasteiger charge is 2.14. The number of carbonyl (C=O) groups is 2. The van der Waals surface area contributed by atoms with Gasteiger partial charge in [0, 0.05) is 12.7 Å². The zero-order valence-electron chi connectivity index (χ0n) is 13.4. The molecule has 2 aromatic carbocycles. The van der Waals surface area contributed by atoms with Gasteiger partial charge in [-0.15, -0.1) is 0 Å². The summed E-state index contributed by atoms with van der Waals surface area (Å²) in [6, 6.07) is 10.9. The summed E-state index contributed by atoms with van der Waals surface area (Å²) >= 11 is 11.6. The molecule has 25 heavy (non-hydrogen) atoms. The van der Waals surface area contributed by atoms with Crippen LogP contribution in [0.1, 0.15) is 0 Å². The van der Waals surface area contributed by atoms with Crippen molar-refractivity contribution in [2.75, 3.05) is 30.8 Å². The third kappa shape index (κ3) is 5.62. The number of nitrogens with zero attached hydrogens (tertiary/aromatic N) is 1. The predicted molar refractivity (Wildman–Crippen MR) is 97.6 cm³/mol. The topological polar surface area (TPSA) is 61.4 Å². The third-order valence-electron chi connectivity index (χ3n) is 3.32. The molecule has 132 valence electrons. The van der Waals surface area contributed by atoms with Gasteiger partial charge in [-0.3, -0.25) is 9.59 Å². The van der Waals surface area contributed by atoms with Crippen LogP contribution in [0.4, 0.5) is 15.8 Å². The Bertz CT molecular complexity index is 786. The third-order valence-corrected chi connectivity index (χ3v) is 3.94. The van der Waals surface area contributed by atoms with Gasteiger partial charge in [0.15, 0.2) is 0 Å². The lowest BCUT2D eigenvalue weighted by Crippen LogP contribution is -2.38. The van der Waals surface area contributed by atoms with Crippen molar-refractivity contribution in [3.8, 4) is 0 Å². The van der Waals surface area contributed by atoms with E-state index in [4.69, 9.17) is 23.2 Å². The van der Waals surface area contributed by atoms with Crippen LogP contribution in [0.25, 0.3) is 0 Å². The van der Waals surface area contributed by atoms with Gasteiger partial charge in [0.2, 0.25) is 11.8 Å². The Hall–Kier alpha value is -2.31. The summed E-state index contributed by atoms with van der Waals surface area (Å²) < 4.78 is 13.1. The quantitative estimate of drug-likeness (QED) is 0.800. The van der Waals surface area contributed by atoms with Crippen molar-refractivity contribution in [1.29, 1.82) is 0 Å². The molecule has 0 saturated heterocycles. The minimum Gasteiger partial charge on any atom is -0.376 e. The van der Waals surface area contributed by atoms with E-state index in [-0.39, 0.29) is 29.9 Å². The smallest absolute Gasteiger partial charge is 0.244 e. The number of amides is 2. The maximum Gasteiger partial charge on any atom is 0.244 e. The Balaban J connectivity index is 1.84. The van der Waals surface area contributed by atoms with Crippen LogP contribution in [0.3, 0.4) is 0 Å². The maximum absolute atomic E-state index is 13.1. The molecule has 0 atom stereocenters. The minimum atomic E-state index is -0.535. The van der Waals surface area contributed by atoms with Gasteiger partial charge in [-0.05, 0) is 30.3 Å². The van der Waals surface area contributed by atoms with E-state index in [2.05, 4.69) is 10.6 Å². The van der Waals surface area contributed by atoms with Crippen LogP contribution < -0.4 is 10.6 Å². The average Bonchev–Trinajstić information content (AvgIpc) is 2.57. The molecular weight excluding hydrogens is 368 g/mol. The fourth-order valence-electron chi connectivity index (χ4n) is 1.97. The lowest BCUT2D eigenvalue weighted by Gasteiger charge is -2.18. The van der Waals surface area contributed by atoms with Gasteiger partial charge in [-0.1, -0.05) is 35.3 Å². The molecule has 0 radical (unpaired) electrons. The van der Waals surface area contributed by atoms with E-state index in [9.17, 15) is 14.0 Å². The number of rotatable bonds is 6. The predicted octanol–water partition coefficient (Wildman–Crippen LogP) is 3.64. The first-order valence-corrected chi connectivity index (χ1v) is 8.09. The van der Waals surface area contributed by atoms with E-state index in [1.54, 1.807) is 24.3 Å². The molecule has 0 aliphatic carbocycles. The highest BCUT2D eigenvalue weighted by atomic mass is 35.5. The molecule has 5 nitrogen and oxygen atoms in total. The molecule has 0 unspecified atom stereocenters. The van der Waals surface area contributed by atoms with Gasteiger partial charge in [-0.25, -0.2) is 4.39 Å². The zero-order chi connectivity index (χ0) is 18.4. The van der Waals surface area contributed by atoms with Crippen molar-refractivity contribution in [2.45, 2.75) is 0 Å². The van der Waals surface area contributed by atoms with Gasteiger partial charge in [0.25, 0.3) is 0 Å². The number of hydrogen-bond donors (Lipinski definition) is 2. The molecular formula is C17H16Cl2FN3O2. The first-order chi connectivity index (χ1) is 11.9. The molecule has 0 bridgehead atoms. The van der Waals surface area contributed by atoms with E-state index in [0.29, 0.717) is 16.4 Å². The largest absolute Gasteiger partial charge is 0.376 e. The summed E-state index contributed by atoms with van der Waals surface area (Å²) in [4.78, 5) is 25.3.